The normalized spacial score (nSPS) is 10.8. The van der Waals surface area contributed by atoms with Crippen molar-refractivity contribution in [1.82, 2.24) is 9.97 Å². The molecule has 0 saturated carbocycles. The fraction of sp³-hybridized carbons (Fsp3) is 0.160. The molecule has 4 rings (SSSR count). The molecule has 0 unspecified atom stereocenters. The standard InChI is InChI=1S/C25H22N2O3/c1-15-8-5-6-10-19(15)24-20-14-18(29-4)12-13-21(20)26-25(27-24)23-16(2)9-7-11-22(23)30-17(3)28/h5-14H,1-4H3. The van der Waals surface area contributed by atoms with E-state index in [-0.39, 0.29) is 5.97 Å². The van der Waals surface area contributed by atoms with Crippen LogP contribution in [0.3, 0.4) is 0 Å². The van der Waals surface area contributed by atoms with Gasteiger partial charge in [0.15, 0.2) is 5.82 Å². The molecule has 0 saturated heterocycles. The van der Waals surface area contributed by atoms with Crippen molar-refractivity contribution in [1.29, 1.82) is 0 Å². The van der Waals surface area contributed by atoms with Crippen LogP contribution in [0.4, 0.5) is 0 Å². The van der Waals surface area contributed by atoms with Gasteiger partial charge in [-0.2, -0.15) is 0 Å². The average Bonchev–Trinajstić information content (AvgIpc) is 2.73. The maximum Gasteiger partial charge on any atom is 0.308 e. The molecule has 0 spiro atoms. The van der Waals surface area contributed by atoms with Gasteiger partial charge in [-0.15, -0.1) is 0 Å². The van der Waals surface area contributed by atoms with Crippen molar-refractivity contribution in [2.75, 3.05) is 7.11 Å². The zero-order chi connectivity index (χ0) is 21.3. The maximum absolute atomic E-state index is 11.6. The summed E-state index contributed by atoms with van der Waals surface area (Å²) in [7, 11) is 1.64. The molecule has 4 aromatic rings. The number of hydrogen-bond donors (Lipinski definition) is 0. The highest BCUT2D eigenvalue weighted by Crippen LogP contribution is 2.36. The van der Waals surface area contributed by atoms with Gasteiger partial charge in [0.1, 0.15) is 11.5 Å². The molecule has 0 aliphatic heterocycles. The maximum atomic E-state index is 11.6. The van der Waals surface area contributed by atoms with Crippen LogP contribution in [-0.2, 0) is 4.79 Å². The lowest BCUT2D eigenvalue weighted by atomic mass is 10.0. The van der Waals surface area contributed by atoms with Crippen molar-refractivity contribution in [3.05, 3.63) is 71.8 Å². The highest BCUT2D eigenvalue weighted by atomic mass is 16.5. The first kappa shape index (κ1) is 19.6. The van der Waals surface area contributed by atoms with E-state index in [4.69, 9.17) is 19.4 Å². The van der Waals surface area contributed by atoms with E-state index >= 15 is 0 Å². The molecule has 30 heavy (non-hydrogen) atoms. The molecule has 0 aliphatic rings. The Kier molecular flexibility index (Phi) is 5.19. The van der Waals surface area contributed by atoms with Crippen molar-refractivity contribution >= 4 is 16.9 Å². The summed E-state index contributed by atoms with van der Waals surface area (Å²) in [6.45, 7) is 5.40. The second-order valence-corrected chi connectivity index (χ2v) is 7.14. The fourth-order valence-electron chi connectivity index (χ4n) is 3.56. The van der Waals surface area contributed by atoms with Gasteiger partial charge in [0.05, 0.1) is 23.9 Å². The van der Waals surface area contributed by atoms with Crippen molar-refractivity contribution in [3.8, 4) is 34.1 Å². The van der Waals surface area contributed by atoms with Gasteiger partial charge in [-0.1, -0.05) is 36.4 Å². The van der Waals surface area contributed by atoms with Gasteiger partial charge in [-0.05, 0) is 49.2 Å². The lowest BCUT2D eigenvalue weighted by molar-refractivity contribution is -0.131. The molecule has 0 atom stereocenters. The Labute approximate surface area is 175 Å². The largest absolute Gasteiger partial charge is 0.497 e. The summed E-state index contributed by atoms with van der Waals surface area (Å²) in [6, 6.07) is 19.4. The molecule has 0 fully saturated rings. The zero-order valence-corrected chi connectivity index (χ0v) is 17.4. The SMILES string of the molecule is COc1ccc2nc(-c3c(C)cccc3OC(C)=O)nc(-c3ccccc3C)c2c1. The number of carbonyl (C=O) groups is 1. The molecular weight excluding hydrogens is 376 g/mol. The van der Waals surface area contributed by atoms with E-state index in [0.717, 1.165) is 39.0 Å². The number of carbonyl (C=O) groups excluding carboxylic acids is 1. The number of fused-ring (bicyclic) bond motifs is 1. The van der Waals surface area contributed by atoms with Gasteiger partial charge >= 0.3 is 5.97 Å². The Balaban J connectivity index is 2.05. The average molecular weight is 398 g/mol. The van der Waals surface area contributed by atoms with Gasteiger partial charge < -0.3 is 9.47 Å². The fourth-order valence-corrected chi connectivity index (χ4v) is 3.56. The molecule has 5 heteroatoms. The Bertz CT molecular complexity index is 1260. The van der Waals surface area contributed by atoms with E-state index in [9.17, 15) is 4.79 Å². The summed E-state index contributed by atoms with van der Waals surface area (Å²) < 4.78 is 10.9. The third-order valence-corrected chi connectivity index (χ3v) is 5.01. The predicted octanol–water partition coefficient (Wildman–Crippen LogP) is 5.51. The van der Waals surface area contributed by atoms with E-state index in [1.54, 1.807) is 13.2 Å². The summed E-state index contributed by atoms with van der Waals surface area (Å²) in [5, 5.41) is 0.898. The first-order chi connectivity index (χ1) is 14.5. The molecule has 0 radical (unpaired) electrons. The van der Waals surface area contributed by atoms with Crippen LogP contribution in [-0.4, -0.2) is 23.0 Å². The van der Waals surface area contributed by atoms with Gasteiger partial charge in [-0.3, -0.25) is 4.79 Å². The summed E-state index contributed by atoms with van der Waals surface area (Å²) in [6.07, 6.45) is 0. The number of rotatable bonds is 4. The monoisotopic (exact) mass is 398 g/mol. The third kappa shape index (κ3) is 3.62. The lowest BCUT2D eigenvalue weighted by Crippen LogP contribution is -2.05. The van der Waals surface area contributed by atoms with E-state index in [1.165, 1.54) is 6.92 Å². The van der Waals surface area contributed by atoms with Crippen molar-refractivity contribution < 1.29 is 14.3 Å². The molecule has 0 N–H and O–H groups in total. The quantitative estimate of drug-likeness (QED) is 0.335. The molecule has 0 bridgehead atoms. The Morgan fingerprint density at radius 3 is 2.40 bits per heavy atom. The van der Waals surface area contributed by atoms with Crippen LogP contribution < -0.4 is 9.47 Å². The molecule has 1 aromatic heterocycles. The topological polar surface area (TPSA) is 61.3 Å². The summed E-state index contributed by atoms with van der Waals surface area (Å²) in [5.41, 5.74) is 5.36. The van der Waals surface area contributed by atoms with Crippen LogP contribution >= 0.6 is 0 Å². The van der Waals surface area contributed by atoms with Crippen LogP contribution in [0.2, 0.25) is 0 Å². The number of ether oxygens (including phenoxy) is 2. The van der Waals surface area contributed by atoms with E-state index in [2.05, 4.69) is 13.0 Å². The summed E-state index contributed by atoms with van der Waals surface area (Å²) in [4.78, 5) is 21.4. The predicted molar refractivity (Wildman–Crippen MR) is 118 cm³/mol. The molecule has 0 aliphatic carbocycles. The van der Waals surface area contributed by atoms with E-state index in [1.807, 2.05) is 55.5 Å². The van der Waals surface area contributed by atoms with Gasteiger partial charge in [0.25, 0.3) is 0 Å². The van der Waals surface area contributed by atoms with Crippen LogP contribution in [0.1, 0.15) is 18.1 Å². The minimum atomic E-state index is -0.383. The second-order valence-electron chi connectivity index (χ2n) is 7.14. The Hall–Kier alpha value is -3.73. The lowest BCUT2D eigenvalue weighted by Gasteiger charge is -2.15. The second kappa shape index (κ2) is 7.95. The van der Waals surface area contributed by atoms with Gasteiger partial charge in [-0.25, -0.2) is 9.97 Å². The van der Waals surface area contributed by atoms with Crippen LogP contribution in [0.15, 0.2) is 60.7 Å². The van der Waals surface area contributed by atoms with E-state index < -0.39 is 0 Å². The molecule has 150 valence electrons. The van der Waals surface area contributed by atoms with E-state index in [0.29, 0.717) is 17.1 Å². The zero-order valence-electron chi connectivity index (χ0n) is 17.4. The number of methoxy groups -OCH3 is 1. The highest BCUT2D eigenvalue weighted by molar-refractivity contribution is 5.95. The first-order valence-electron chi connectivity index (χ1n) is 9.68. The highest BCUT2D eigenvalue weighted by Gasteiger charge is 2.18. The number of aryl methyl sites for hydroxylation is 2. The molecule has 1 heterocycles. The minimum Gasteiger partial charge on any atom is -0.497 e. The molecule has 3 aromatic carbocycles. The van der Waals surface area contributed by atoms with Crippen LogP contribution in [0.5, 0.6) is 11.5 Å². The summed E-state index contributed by atoms with van der Waals surface area (Å²) >= 11 is 0. The van der Waals surface area contributed by atoms with Crippen molar-refractivity contribution in [3.63, 3.8) is 0 Å². The molecule has 5 nitrogen and oxygen atoms in total. The smallest absolute Gasteiger partial charge is 0.308 e. The number of esters is 1. The number of hydrogen-bond acceptors (Lipinski definition) is 5. The van der Waals surface area contributed by atoms with Gasteiger partial charge in [0.2, 0.25) is 0 Å². The summed E-state index contributed by atoms with van der Waals surface area (Å²) in [5.74, 6) is 1.32. The Morgan fingerprint density at radius 1 is 0.900 bits per heavy atom. The molecule has 0 amide bonds. The Morgan fingerprint density at radius 2 is 1.67 bits per heavy atom. The van der Waals surface area contributed by atoms with Crippen LogP contribution in [0.25, 0.3) is 33.5 Å². The van der Waals surface area contributed by atoms with Crippen molar-refractivity contribution in [2.24, 2.45) is 0 Å². The number of aromatic nitrogens is 2. The third-order valence-electron chi connectivity index (χ3n) is 5.01. The number of nitrogens with zero attached hydrogens (tertiary/aromatic N) is 2. The van der Waals surface area contributed by atoms with Gasteiger partial charge in [0, 0.05) is 17.9 Å². The van der Waals surface area contributed by atoms with Crippen molar-refractivity contribution in [2.45, 2.75) is 20.8 Å². The first-order valence-corrected chi connectivity index (χ1v) is 9.68. The number of benzene rings is 3. The van der Waals surface area contributed by atoms with Crippen LogP contribution in [0, 0.1) is 13.8 Å². The minimum absolute atomic E-state index is 0.383. The molecular formula is C25H22N2O3.